The standard InChI is InChI=1S/C19H19N3O4/c1-2-26-14-9-7-13(8-10-14)20-17(23)11-12-22-16-6-4-3-5-15(16)18(24)21-19(22)25/h3-10H,2,11-12H2,1H3,(H,20,23)(H,21,24,25). The highest BCUT2D eigenvalue weighted by Crippen LogP contribution is 2.16. The third-order valence-electron chi connectivity index (χ3n) is 3.92. The minimum Gasteiger partial charge on any atom is -0.494 e. The first kappa shape index (κ1) is 17.5. The predicted molar refractivity (Wildman–Crippen MR) is 99.7 cm³/mol. The van der Waals surface area contributed by atoms with Crippen LogP contribution in [0.1, 0.15) is 13.3 Å². The number of aromatic amines is 1. The van der Waals surface area contributed by atoms with Crippen LogP contribution in [-0.4, -0.2) is 22.1 Å². The number of amides is 1. The van der Waals surface area contributed by atoms with Crippen LogP contribution < -0.4 is 21.3 Å². The van der Waals surface area contributed by atoms with Gasteiger partial charge in [-0.25, -0.2) is 4.79 Å². The largest absolute Gasteiger partial charge is 0.494 e. The highest BCUT2D eigenvalue weighted by atomic mass is 16.5. The molecule has 0 fully saturated rings. The van der Waals surface area contributed by atoms with Crippen LogP contribution in [-0.2, 0) is 11.3 Å². The topological polar surface area (TPSA) is 93.2 Å². The second-order valence-electron chi connectivity index (χ2n) is 5.68. The lowest BCUT2D eigenvalue weighted by Crippen LogP contribution is -2.31. The molecular weight excluding hydrogens is 334 g/mol. The van der Waals surface area contributed by atoms with Crippen LogP contribution in [0.3, 0.4) is 0 Å². The van der Waals surface area contributed by atoms with Crippen LogP contribution in [0.15, 0.2) is 58.1 Å². The quantitative estimate of drug-likeness (QED) is 0.710. The zero-order valence-electron chi connectivity index (χ0n) is 14.3. The lowest BCUT2D eigenvalue weighted by molar-refractivity contribution is -0.116. The highest BCUT2D eigenvalue weighted by molar-refractivity contribution is 5.90. The zero-order chi connectivity index (χ0) is 18.5. The molecule has 0 spiro atoms. The number of aromatic nitrogens is 2. The number of carbonyl (C=O) groups is 1. The van der Waals surface area contributed by atoms with E-state index in [1.54, 1.807) is 48.5 Å². The molecule has 7 nitrogen and oxygen atoms in total. The number of fused-ring (bicyclic) bond motifs is 1. The number of ether oxygens (including phenoxy) is 1. The first-order chi connectivity index (χ1) is 12.6. The molecule has 3 aromatic rings. The van der Waals surface area contributed by atoms with Crippen molar-refractivity contribution in [3.8, 4) is 5.75 Å². The Morgan fingerprint density at radius 1 is 1.12 bits per heavy atom. The third-order valence-corrected chi connectivity index (χ3v) is 3.92. The van der Waals surface area contributed by atoms with E-state index in [2.05, 4.69) is 10.3 Å². The van der Waals surface area contributed by atoms with Gasteiger partial charge in [0, 0.05) is 18.7 Å². The predicted octanol–water partition coefficient (Wildman–Crippen LogP) is 2.12. The van der Waals surface area contributed by atoms with Gasteiger partial charge in [-0.05, 0) is 43.3 Å². The van der Waals surface area contributed by atoms with Crippen molar-refractivity contribution in [3.63, 3.8) is 0 Å². The molecule has 0 unspecified atom stereocenters. The Bertz CT molecular complexity index is 1040. The van der Waals surface area contributed by atoms with E-state index in [0.717, 1.165) is 5.75 Å². The molecule has 0 saturated heterocycles. The summed E-state index contributed by atoms with van der Waals surface area (Å²) in [5.41, 5.74) is 0.204. The molecule has 0 radical (unpaired) electrons. The fraction of sp³-hybridized carbons (Fsp3) is 0.211. The molecule has 7 heteroatoms. The van der Waals surface area contributed by atoms with E-state index in [4.69, 9.17) is 4.74 Å². The average Bonchev–Trinajstić information content (AvgIpc) is 2.63. The number of aryl methyl sites for hydroxylation is 1. The lowest BCUT2D eigenvalue weighted by Gasteiger charge is -2.10. The van der Waals surface area contributed by atoms with Gasteiger partial charge >= 0.3 is 5.69 Å². The van der Waals surface area contributed by atoms with Crippen LogP contribution in [0, 0.1) is 0 Å². The summed E-state index contributed by atoms with van der Waals surface area (Å²) in [4.78, 5) is 38.4. The Morgan fingerprint density at radius 3 is 2.58 bits per heavy atom. The summed E-state index contributed by atoms with van der Waals surface area (Å²) < 4.78 is 6.75. The maximum Gasteiger partial charge on any atom is 0.328 e. The molecule has 1 amide bonds. The molecule has 1 heterocycles. The third kappa shape index (κ3) is 3.83. The van der Waals surface area contributed by atoms with Crippen molar-refractivity contribution in [1.82, 2.24) is 9.55 Å². The van der Waals surface area contributed by atoms with Crippen molar-refractivity contribution in [2.75, 3.05) is 11.9 Å². The number of H-pyrrole nitrogens is 1. The molecular formula is C19H19N3O4. The summed E-state index contributed by atoms with van der Waals surface area (Å²) in [6.07, 6.45) is 0.100. The summed E-state index contributed by atoms with van der Waals surface area (Å²) in [5.74, 6) is 0.508. The number of nitrogens with zero attached hydrogens (tertiary/aromatic N) is 1. The van der Waals surface area contributed by atoms with Crippen molar-refractivity contribution >= 4 is 22.5 Å². The molecule has 3 rings (SSSR count). The number of rotatable bonds is 6. The smallest absolute Gasteiger partial charge is 0.328 e. The van der Waals surface area contributed by atoms with Gasteiger partial charge in [-0.15, -0.1) is 0 Å². The van der Waals surface area contributed by atoms with Gasteiger partial charge in [0.2, 0.25) is 5.91 Å². The molecule has 2 aromatic carbocycles. The monoisotopic (exact) mass is 353 g/mol. The van der Waals surface area contributed by atoms with E-state index in [0.29, 0.717) is 23.2 Å². The second kappa shape index (κ2) is 7.69. The van der Waals surface area contributed by atoms with Crippen molar-refractivity contribution in [3.05, 3.63) is 69.4 Å². The van der Waals surface area contributed by atoms with E-state index in [9.17, 15) is 14.4 Å². The molecule has 1 aromatic heterocycles. The summed E-state index contributed by atoms with van der Waals surface area (Å²) in [6, 6.07) is 13.9. The Kier molecular flexibility index (Phi) is 5.17. The molecule has 134 valence electrons. The van der Waals surface area contributed by atoms with Gasteiger partial charge in [0.05, 0.1) is 17.5 Å². The van der Waals surface area contributed by atoms with Crippen molar-refractivity contribution in [1.29, 1.82) is 0 Å². The van der Waals surface area contributed by atoms with Crippen molar-refractivity contribution < 1.29 is 9.53 Å². The minimum absolute atomic E-state index is 0.100. The van der Waals surface area contributed by atoms with E-state index in [1.165, 1.54) is 4.57 Å². The Hall–Kier alpha value is -3.35. The number of hydrogen-bond acceptors (Lipinski definition) is 4. The van der Waals surface area contributed by atoms with Gasteiger partial charge in [0.15, 0.2) is 0 Å². The Morgan fingerprint density at radius 2 is 1.85 bits per heavy atom. The van der Waals surface area contributed by atoms with Gasteiger partial charge in [-0.1, -0.05) is 12.1 Å². The average molecular weight is 353 g/mol. The number of carbonyl (C=O) groups excluding carboxylic acids is 1. The maximum atomic E-state index is 12.2. The molecule has 0 aliphatic heterocycles. The van der Waals surface area contributed by atoms with Crippen LogP contribution in [0.4, 0.5) is 5.69 Å². The molecule has 0 aliphatic carbocycles. The molecule has 0 bridgehead atoms. The summed E-state index contributed by atoms with van der Waals surface area (Å²) in [7, 11) is 0. The number of nitrogens with one attached hydrogen (secondary N) is 2. The normalized spacial score (nSPS) is 10.7. The second-order valence-corrected chi connectivity index (χ2v) is 5.68. The summed E-state index contributed by atoms with van der Waals surface area (Å²) in [6.45, 7) is 2.64. The molecule has 0 aliphatic rings. The van der Waals surface area contributed by atoms with Gasteiger partial charge in [-0.3, -0.25) is 19.1 Å². The maximum absolute atomic E-state index is 12.2. The Labute approximate surface area is 149 Å². The van der Waals surface area contributed by atoms with Gasteiger partial charge in [0.1, 0.15) is 5.75 Å². The number of anilines is 1. The fourth-order valence-corrected chi connectivity index (χ4v) is 2.70. The van der Waals surface area contributed by atoms with E-state index >= 15 is 0 Å². The molecule has 0 saturated carbocycles. The van der Waals surface area contributed by atoms with E-state index in [-0.39, 0.29) is 18.9 Å². The van der Waals surface area contributed by atoms with Gasteiger partial charge in [-0.2, -0.15) is 0 Å². The van der Waals surface area contributed by atoms with Crippen LogP contribution >= 0.6 is 0 Å². The lowest BCUT2D eigenvalue weighted by atomic mass is 10.2. The van der Waals surface area contributed by atoms with E-state index in [1.807, 2.05) is 6.92 Å². The molecule has 0 atom stereocenters. The van der Waals surface area contributed by atoms with E-state index < -0.39 is 11.2 Å². The van der Waals surface area contributed by atoms with Gasteiger partial charge < -0.3 is 10.1 Å². The number of para-hydroxylation sites is 1. The van der Waals surface area contributed by atoms with Crippen molar-refractivity contribution in [2.24, 2.45) is 0 Å². The highest BCUT2D eigenvalue weighted by Gasteiger charge is 2.09. The van der Waals surface area contributed by atoms with Crippen molar-refractivity contribution in [2.45, 2.75) is 19.9 Å². The SMILES string of the molecule is CCOc1ccc(NC(=O)CCn2c(=O)[nH]c(=O)c3ccccc32)cc1. The van der Waals surface area contributed by atoms with Crippen LogP contribution in [0.25, 0.3) is 10.9 Å². The first-order valence-electron chi connectivity index (χ1n) is 8.33. The molecule has 26 heavy (non-hydrogen) atoms. The summed E-state index contributed by atoms with van der Waals surface area (Å²) in [5, 5.41) is 3.19. The first-order valence-corrected chi connectivity index (χ1v) is 8.33. The van der Waals surface area contributed by atoms with Crippen LogP contribution in [0.5, 0.6) is 5.75 Å². The number of hydrogen-bond donors (Lipinski definition) is 2. The van der Waals surface area contributed by atoms with Gasteiger partial charge in [0.25, 0.3) is 5.56 Å². The fourth-order valence-electron chi connectivity index (χ4n) is 2.70. The summed E-state index contributed by atoms with van der Waals surface area (Å²) >= 11 is 0. The van der Waals surface area contributed by atoms with Crippen LogP contribution in [0.2, 0.25) is 0 Å². The number of benzene rings is 2. The Balaban J connectivity index is 1.71. The zero-order valence-corrected chi connectivity index (χ0v) is 14.3. The minimum atomic E-state index is -0.525. The molecule has 2 N–H and O–H groups in total.